The summed E-state index contributed by atoms with van der Waals surface area (Å²) in [5.41, 5.74) is 0.721. The summed E-state index contributed by atoms with van der Waals surface area (Å²) in [6.07, 6.45) is 1.84. The molecule has 1 heterocycles. The smallest absolute Gasteiger partial charge is 0.339 e. The van der Waals surface area contributed by atoms with Crippen LogP contribution >= 0.6 is 0 Å². The molecule has 2 aromatic carbocycles. The number of nitrogens with zero attached hydrogens (tertiary/aromatic N) is 2. The van der Waals surface area contributed by atoms with Crippen LogP contribution < -0.4 is 0 Å². The van der Waals surface area contributed by atoms with E-state index in [-0.39, 0.29) is 22.7 Å². The fourth-order valence-corrected chi connectivity index (χ4v) is 3.38. The summed E-state index contributed by atoms with van der Waals surface area (Å²) >= 11 is 0. The van der Waals surface area contributed by atoms with E-state index in [1.165, 1.54) is 25.1 Å². The second kappa shape index (κ2) is 8.65. The van der Waals surface area contributed by atoms with Gasteiger partial charge in [-0.2, -0.15) is 0 Å². The van der Waals surface area contributed by atoms with Crippen molar-refractivity contribution < 1.29 is 19.2 Å². The number of nitro groups is 1. The molecule has 7 nitrogen and oxygen atoms in total. The van der Waals surface area contributed by atoms with Crippen molar-refractivity contribution in [1.82, 2.24) is 4.90 Å². The highest BCUT2D eigenvalue weighted by molar-refractivity contribution is 5.94. The van der Waals surface area contributed by atoms with E-state index in [4.69, 9.17) is 4.74 Å². The van der Waals surface area contributed by atoms with Crippen LogP contribution in [0, 0.1) is 17.0 Å². The zero-order valence-electron chi connectivity index (χ0n) is 15.7. The molecular formula is C21H22N2O5. The van der Waals surface area contributed by atoms with E-state index in [9.17, 15) is 19.7 Å². The van der Waals surface area contributed by atoms with E-state index < -0.39 is 17.0 Å². The molecule has 1 aliphatic heterocycles. The number of carbonyl (C=O) groups is 2. The molecule has 0 aliphatic carbocycles. The molecule has 0 spiro atoms. The van der Waals surface area contributed by atoms with E-state index in [0.29, 0.717) is 18.7 Å². The first kappa shape index (κ1) is 19.5. The highest BCUT2D eigenvalue weighted by Gasteiger charge is 2.31. The summed E-state index contributed by atoms with van der Waals surface area (Å²) in [4.78, 5) is 38.2. The van der Waals surface area contributed by atoms with E-state index >= 15 is 0 Å². The van der Waals surface area contributed by atoms with Crippen LogP contribution in [-0.4, -0.2) is 34.8 Å². The van der Waals surface area contributed by atoms with Gasteiger partial charge in [0.05, 0.1) is 10.5 Å². The molecule has 1 aliphatic rings. The summed E-state index contributed by atoms with van der Waals surface area (Å²) in [5, 5.41) is 11.1. The summed E-state index contributed by atoms with van der Waals surface area (Å²) < 4.78 is 5.60. The molecule has 0 saturated carbocycles. The van der Waals surface area contributed by atoms with Crippen molar-refractivity contribution in [2.24, 2.45) is 0 Å². The third-order valence-electron chi connectivity index (χ3n) is 4.94. The van der Waals surface area contributed by atoms with Crippen LogP contribution in [0.15, 0.2) is 48.5 Å². The van der Waals surface area contributed by atoms with Gasteiger partial charge in [-0.3, -0.25) is 14.9 Å². The third-order valence-corrected chi connectivity index (χ3v) is 4.94. The largest absolute Gasteiger partial charge is 0.444 e. The number of rotatable bonds is 5. The number of amides is 1. The van der Waals surface area contributed by atoms with Gasteiger partial charge < -0.3 is 9.64 Å². The monoisotopic (exact) mass is 382 g/mol. The maximum Gasteiger partial charge on any atom is 0.339 e. The zero-order valence-corrected chi connectivity index (χ0v) is 15.7. The minimum Gasteiger partial charge on any atom is -0.444 e. The van der Waals surface area contributed by atoms with Gasteiger partial charge in [0.15, 0.2) is 0 Å². The van der Waals surface area contributed by atoms with Crippen molar-refractivity contribution in [2.45, 2.75) is 32.3 Å². The molecule has 0 unspecified atom stereocenters. The first-order valence-electron chi connectivity index (χ1n) is 9.27. The normalized spacial score (nSPS) is 15.0. The molecule has 1 saturated heterocycles. The van der Waals surface area contributed by atoms with Gasteiger partial charge in [-0.15, -0.1) is 0 Å². The predicted octanol–water partition coefficient (Wildman–Crippen LogP) is 3.81. The molecular weight excluding hydrogens is 360 g/mol. The van der Waals surface area contributed by atoms with E-state index in [2.05, 4.69) is 0 Å². The Kier molecular flexibility index (Phi) is 6.03. The van der Waals surface area contributed by atoms with Crippen LogP contribution in [0.1, 0.15) is 46.9 Å². The number of piperidine rings is 1. The molecule has 0 aromatic heterocycles. The first-order chi connectivity index (χ1) is 13.5. The van der Waals surface area contributed by atoms with Crippen molar-refractivity contribution in [1.29, 1.82) is 0 Å². The maximum absolute atomic E-state index is 13.1. The Balaban J connectivity index is 1.89. The lowest BCUT2D eigenvalue weighted by Crippen LogP contribution is -2.40. The summed E-state index contributed by atoms with van der Waals surface area (Å²) in [5.74, 6) is -1.01. The highest BCUT2D eigenvalue weighted by Crippen LogP contribution is 2.27. The molecule has 7 heteroatoms. The summed E-state index contributed by atoms with van der Waals surface area (Å²) in [7, 11) is 0. The van der Waals surface area contributed by atoms with Gasteiger partial charge in [0.2, 0.25) is 6.10 Å². The van der Waals surface area contributed by atoms with Crippen molar-refractivity contribution in [2.75, 3.05) is 13.1 Å². The van der Waals surface area contributed by atoms with Crippen LogP contribution in [0.25, 0.3) is 0 Å². The molecule has 0 N–H and O–H groups in total. The standard InChI is InChI=1S/C21H22N2O5/c1-15-17(11-8-12-18(15)23(26)27)21(25)28-19(16-9-4-2-5-10-16)20(24)22-13-6-3-7-14-22/h2,4-5,8-12,19H,3,6-7,13-14H2,1H3/t19-/m1/s1. The maximum atomic E-state index is 13.1. The number of benzene rings is 2. The highest BCUT2D eigenvalue weighted by atomic mass is 16.6. The van der Waals surface area contributed by atoms with Crippen LogP contribution in [0.4, 0.5) is 5.69 Å². The van der Waals surface area contributed by atoms with Crippen LogP contribution in [-0.2, 0) is 9.53 Å². The molecule has 146 valence electrons. The number of ether oxygens (including phenoxy) is 1. The van der Waals surface area contributed by atoms with Crippen molar-refractivity contribution >= 4 is 17.6 Å². The van der Waals surface area contributed by atoms with Crippen molar-refractivity contribution in [3.05, 3.63) is 75.3 Å². The van der Waals surface area contributed by atoms with Crippen LogP contribution in [0.2, 0.25) is 0 Å². The average molecular weight is 382 g/mol. The molecule has 2 aromatic rings. The lowest BCUT2D eigenvalue weighted by Gasteiger charge is -2.30. The van der Waals surface area contributed by atoms with Gasteiger partial charge in [-0.25, -0.2) is 4.79 Å². The van der Waals surface area contributed by atoms with E-state index in [0.717, 1.165) is 19.3 Å². The number of carbonyl (C=O) groups excluding carboxylic acids is 2. The van der Waals surface area contributed by atoms with Gasteiger partial charge in [-0.1, -0.05) is 36.4 Å². The van der Waals surface area contributed by atoms with Gasteiger partial charge in [0.25, 0.3) is 11.6 Å². The molecule has 0 radical (unpaired) electrons. The Bertz CT molecular complexity index is 876. The van der Waals surface area contributed by atoms with Crippen molar-refractivity contribution in [3.8, 4) is 0 Å². The molecule has 0 bridgehead atoms. The number of esters is 1. The van der Waals surface area contributed by atoms with E-state index in [1.807, 2.05) is 6.07 Å². The van der Waals surface area contributed by atoms with Crippen LogP contribution in [0.5, 0.6) is 0 Å². The Morgan fingerprint density at radius 1 is 1.04 bits per heavy atom. The number of likely N-dealkylation sites (tertiary alicyclic amines) is 1. The predicted molar refractivity (Wildman–Crippen MR) is 103 cm³/mol. The Labute approximate surface area is 163 Å². The lowest BCUT2D eigenvalue weighted by atomic mass is 10.0. The minimum atomic E-state index is -1.08. The second-order valence-electron chi connectivity index (χ2n) is 6.79. The quantitative estimate of drug-likeness (QED) is 0.446. The molecule has 3 rings (SSSR count). The number of hydrogen-bond acceptors (Lipinski definition) is 5. The fraction of sp³-hybridized carbons (Fsp3) is 0.333. The van der Waals surface area contributed by atoms with Gasteiger partial charge in [0.1, 0.15) is 0 Å². The zero-order chi connectivity index (χ0) is 20.1. The molecule has 1 fully saturated rings. The minimum absolute atomic E-state index is 0.0848. The lowest BCUT2D eigenvalue weighted by molar-refractivity contribution is -0.385. The molecule has 28 heavy (non-hydrogen) atoms. The Hall–Kier alpha value is -3.22. The average Bonchev–Trinajstić information content (AvgIpc) is 2.72. The SMILES string of the molecule is Cc1c(C(=O)O[C@@H](C(=O)N2CCCCC2)c2ccccc2)cccc1[N+](=O)[O-]. The topological polar surface area (TPSA) is 89.8 Å². The Morgan fingerprint density at radius 2 is 1.71 bits per heavy atom. The van der Waals surface area contributed by atoms with Crippen molar-refractivity contribution in [3.63, 3.8) is 0 Å². The molecule has 1 atom stereocenters. The summed E-state index contributed by atoms with van der Waals surface area (Å²) in [6, 6.07) is 13.1. The molecule has 1 amide bonds. The second-order valence-corrected chi connectivity index (χ2v) is 6.79. The Morgan fingerprint density at radius 3 is 2.36 bits per heavy atom. The summed E-state index contributed by atoms with van der Waals surface area (Å²) in [6.45, 7) is 2.77. The van der Waals surface area contributed by atoms with Gasteiger partial charge >= 0.3 is 5.97 Å². The number of hydrogen-bond donors (Lipinski definition) is 0. The number of nitro benzene ring substituents is 1. The van der Waals surface area contributed by atoms with Gasteiger partial charge in [0, 0.05) is 30.3 Å². The fourth-order valence-electron chi connectivity index (χ4n) is 3.38. The van der Waals surface area contributed by atoms with Crippen LogP contribution in [0.3, 0.4) is 0 Å². The third kappa shape index (κ3) is 4.19. The van der Waals surface area contributed by atoms with Gasteiger partial charge in [-0.05, 0) is 32.3 Å². The first-order valence-corrected chi connectivity index (χ1v) is 9.27. The van der Waals surface area contributed by atoms with E-state index in [1.54, 1.807) is 29.2 Å².